The number of ether oxygens (including phenoxy) is 1. The minimum absolute atomic E-state index is 0.0561. The molecule has 1 fully saturated rings. The highest BCUT2D eigenvalue weighted by atomic mass is 32.2. The molecule has 2 heterocycles. The van der Waals surface area contributed by atoms with Gasteiger partial charge in [0.25, 0.3) is 10.0 Å². The first-order valence-corrected chi connectivity index (χ1v) is 12.5. The number of fused-ring (bicyclic) bond motifs is 1. The van der Waals surface area contributed by atoms with Gasteiger partial charge < -0.3 is 9.30 Å². The Kier molecular flexibility index (Phi) is 6.05. The van der Waals surface area contributed by atoms with Crippen LogP contribution in [-0.2, 0) is 10.0 Å². The molecule has 0 saturated heterocycles. The van der Waals surface area contributed by atoms with E-state index in [-0.39, 0.29) is 21.9 Å². The summed E-state index contributed by atoms with van der Waals surface area (Å²) in [4.78, 5) is 4.23. The number of nitrogens with one attached hydrogen (secondary N) is 1. The molecule has 7 nitrogen and oxygen atoms in total. The van der Waals surface area contributed by atoms with Gasteiger partial charge in [0.05, 0.1) is 22.5 Å². The second-order valence-corrected chi connectivity index (χ2v) is 10.0. The number of hydrogen-bond acceptors (Lipinski definition) is 5. The van der Waals surface area contributed by atoms with E-state index >= 15 is 0 Å². The molecular weight excluding hydrogens is 493 g/mol. The van der Waals surface area contributed by atoms with Crippen molar-refractivity contribution in [2.24, 2.45) is 0 Å². The Morgan fingerprint density at radius 3 is 2.47 bits per heavy atom. The molecule has 5 rings (SSSR count). The Hall–Kier alpha value is -4.04. The molecule has 11 heteroatoms. The minimum atomic E-state index is -3.92. The lowest BCUT2D eigenvalue weighted by atomic mass is 9.92. The summed E-state index contributed by atoms with van der Waals surface area (Å²) in [5.74, 6) is -1.63. The fourth-order valence-electron chi connectivity index (χ4n) is 4.29. The van der Waals surface area contributed by atoms with E-state index in [1.165, 1.54) is 24.4 Å². The zero-order chi connectivity index (χ0) is 25.4. The van der Waals surface area contributed by atoms with Gasteiger partial charge in [-0.1, -0.05) is 18.2 Å². The molecular formula is C25H19F3N4O3S. The molecule has 1 saturated carbocycles. The van der Waals surface area contributed by atoms with Crippen LogP contribution in [0.3, 0.4) is 0 Å². The highest BCUT2D eigenvalue weighted by Crippen LogP contribution is 2.43. The van der Waals surface area contributed by atoms with Gasteiger partial charge >= 0.3 is 6.61 Å². The SMILES string of the molecule is N#Cc1c(-c2ccc(S(=O)(=O)Nc3ccccc3)cn2)n(C2CCC2)c2cc(OC(F)F)c(F)cc12. The Morgan fingerprint density at radius 1 is 1.14 bits per heavy atom. The quantitative estimate of drug-likeness (QED) is 0.336. The van der Waals surface area contributed by atoms with Crippen molar-refractivity contribution in [3.63, 3.8) is 0 Å². The maximum atomic E-state index is 14.5. The molecule has 0 bridgehead atoms. The van der Waals surface area contributed by atoms with Crippen molar-refractivity contribution in [2.45, 2.75) is 36.8 Å². The van der Waals surface area contributed by atoms with E-state index in [1.54, 1.807) is 34.9 Å². The third kappa shape index (κ3) is 4.24. The molecule has 36 heavy (non-hydrogen) atoms. The van der Waals surface area contributed by atoms with Gasteiger partial charge in [-0.2, -0.15) is 14.0 Å². The van der Waals surface area contributed by atoms with Crippen LogP contribution < -0.4 is 9.46 Å². The summed E-state index contributed by atoms with van der Waals surface area (Å²) in [7, 11) is -3.92. The van der Waals surface area contributed by atoms with Crippen LogP contribution in [0.2, 0.25) is 0 Å². The second-order valence-electron chi connectivity index (χ2n) is 8.32. The van der Waals surface area contributed by atoms with Crippen molar-refractivity contribution < 1.29 is 26.3 Å². The Balaban J connectivity index is 1.62. The van der Waals surface area contributed by atoms with Gasteiger partial charge in [-0.3, -0.25) is 9.71 Å². The van der Waals surface area contributed by atoms with Gasteiger partial charge in [-0.05, 0) is 49.6 Å². The first-order chi connectivity index (χ1) is 17.3. The number of nitrogens with zero attached hydrogens (tertiary/aromatic N) is 3. The molecule has 2 aromatic heterocycles. The van der Waals surface area contributed by atoms with E-state index in [4.69, 9.17) is 0 Å². The molecule has 0 aliphatic heterocycles. The zero-order valence-corrected chi connectivity index (χ0v) is 19.5. The average molecular weight is 513 g/mol. The number of anilines is 1. The van der Waals surface area contributed by atoms with E-state index in [2.05, 4.69) is 20.5 Å². The molecule has 1 aliphatic rings. The predicted molar refractivity (Wildman–Crippen MR) is 127 cm³/mol. The molecule has 0 amide bonds. The van der Waals surface area contributed by atoms with Crippen LogP contribution in [0.15, 0.2) is 65.7 Å². The largest absolute Gasteiger partial charge is 0.432 e. The minimum Gasteiger partial charge on any atom is -0.432 e. The monoisotopic (exact) mass is 512 g/mol. The molecule has 0 radical (unpaired) electrons. The van der Waals surface area contributed by atoms with Crippen molar-refractivity contribution in [3.8, 4) is 23.2 Å². The third-order valence-electron chi connectivity index (χ3n) is 6.14. The first kappa shape index (κ1) is 23.7. The van der Waals surface area contributed by atoms with Crippen molar-refractivity contribution in [2.75, 3.05) is 4.72 Å². The van der Waals surface area contributed by atoms with Crippen molar-refractivity contribution in [3.05, 3.63) is 72.2 Å². The topological polar surface area (TPSA) is 97.0 Å². The summed E-state index contributed by atoms with van der Waals surface area (Å²) < 4.78 is 74.3. The van der Waals surface area contributed by atoms with Crippen LogP contribution in [0.4, 0.5) is 18.9 Å². The lowest BCUT2D eigenvalue weighted by Gasteiger charge is -2.30. The van der Waals surface area contributed by atoms with E-state index < -0.39 is 28.2 Å². The highest BCUT2D eigenvalue weighted by molar-refractivity contribution is 7.92. The van der Waals surface area contributed by atoms with Crippen LogP contribution in [0, 0.1) is 17.1 Å². The first-order valence-electron chi connectivity index (χ1n) is 11.0. The number of halogens is 3. The average Bonchev–Trinajstić information content (AvgIpc) is 3.11. The molecule has 4 aromatic rings. The number of alkyl halides is 2. The van der Waals surface area contributed by atoms with Gasteiger partial charge in [0.1, 0.15) is 11.0 Å². The fraction of sp³-hybridized carbons (Fsp3) is 0.200. The van der Waals surface area contributed by atoms with E-state index in [9.17, 15) is 26.9 Å². The molecule has 0 spiro atoms. The lowest BCUT2D eigenvalue weighted by molar-refractivity contribution is -0.0521. The van der Waals surface area contributed by atoms with E-state index in [0.29, 0.717) is 22.6 Å². The highest BCUT2D eigenvalue weighted by Gasteiger charge is 2.30. The summed E-state index contributed by atoms with van der Waals surface area (Å²) in [6.45, 7) is -3.21. The summed E-state index contributed by atoms with van der Waals surface area (Å²) in [6.07, 6.45) is 3.66. The number of rotatable bonds is 7. The number of benzene rings is 2. The normalized spacial score (nSPS) is 14.0. The Bertz CT molecular complexity index is 1580. The summed E-state index contributed by atoms with van der Waals surface area (Å²) in [6, 6.07) is 15.4. The standard InChI is InChI=1S/C25H19F3N4O3S/c26-20-11-18-19(13-29)24(32(16-7-4-8-16)22(18)12-23(20)35-25(27)28)21-10-9-17(14-30-21)36(33,34)31-15-5-2-1-3-6-15/h1-3,5-6,9-12,14,16,25,31H,4,7-8H2. The van der Waals surface area contributed by atoms with Gasteiger partial charge in [-0.15, -0.1) is 0 Å². The third-order valence-corrected chi connectivity index (χ3v) is 7.51. The fourth-order valence-corrected chi connectivity index (χ4v) is 5.29. The zero-order valence-electron chi connectivity index (χ0n) is 18.7. The second kappa shape index (κ2) is 9.20. The number of para-hydroxylation sites is 1. The molecule has 0 atom stereocenters. The molecule has 0 unspecified atom stereocenters. The number of nitriles is 1. The lowest BCUT2D eigenvalue weighted by Crippen LogP contribution is -2.18. The number of hydrogen-bond donors (Lipinski definition) is 1. The smallest absolute Gasteiger partial charge is 0.387 e. The summed E-state index contributed by atoms with van der Waals surface area (Å²) in [5.41, 5.74) is 1.54. The molecule has 1 aliphatic carbocycles. The number of pyridine rings is 1. The van der Waals surface area contributed by atoms with Crippen LogP contribution in [0.5, 0.6) is 5.75 Å². The maximum Gasteiger partial charge on any atom is 0.387 e. The van der Waals surface area contributed by atoms with Gasteiger partial charge in [0.2, 0.25) is 0 Å². The number of sulfonamides is 1. The van der Waals surface area contributed by atoms with Crippen LogP contribution in [0.25, 0.3) is 22.3 Å². The van der Waals surface area contributed by atoms with Gasteiger partial charge in [0.15, 0.2) is 11.6 Å². The number of aromatic nitrogens is 2. The Labute approximate surface area is 204 Å². The van der Waals surface area contributed by atoms with Gasteiger partial charge in [-0.25, -0.2) is 12.8 Å². The molecule has 1 N–H and O–H groups in total. The van der Waals surface area contributed by atoms with Crippen LogP contribution >= 0.6 is 0 Å². The van der Waals surface area contributed by atoms with Crippen LogP contribution in [0.1, 0.15) is 30.9 Å². The maximum absolute atomic E-state index is 14.5. The van der Waals surface area contributed by atoms with Crippen LogP contribution in [-0.4, -0.2) is 24.6 Å². The Morgan fingerprint density at radius 2 is 1.89 bits per heavy atom. The van der Waals surface area contributed by atoms with Gasteiger partial charge in [0, 0.05) is 29.4 Å². The summed E-state index contributed by atoms with van der Waals surface area (Å²) >= 11 is 0. The van der Waals surface area contributed by atoms with Crippen molar-refractivity contribution >= 4 is 26.6 Å². The molecule has 2 aromatic carbocycles. The predicted octanol–water partition coefficient (Wildman–Crippen LogP) is 5.84. The molecule has 184 valence electrons. The summed E-state index contributed by atoms with van der Waals surface area (Å²) in [5, 5.41) is 10.2. The van der Waals surface area contributed by atoms with E-state index in [0.717, 1.165) is 25.3 Å². The van der Waals surface area contributed by atoms with Crippen molar-refractivity contribution in [1.82, 2.24) is 9.55 Å². The van der Waals surface area contributed by atoms with E-state index in [1.807, 2.05) is 0 Å². The van der Waals surface area contributed by atoms with Crippen molar-refractivity contribution in [1.29, 1.82) is 5.26 Å².